The largest absolute Gasteiger partial charge is 0.399 e. The number of hydrazone groups is 1. The number of azo groups is 1. The standard InChI is InChI=1S/C26H20N6O10S3/c27-14-3-1-4-15(12-14)29-32-24-21(45(36,37)38)11-13-7-9-18(23(28)22(13)25(24)33)30-31-19-10-8-16-17(26(19)44-42-40-35)5-2-6-20(16)43-41-39-34/h1-12,29,34-35H,27-28H2,(H,36,37,38)/b31-30?,32-24+. The highest BCUT2D eigenvalue weighted by atomic mass is 32.2. The molecule has 0 amide bonds. The lowest BCUT2D eigenvalue weighted by atomic mass is 9.92. The minimum absolute atomic E-state index is 0.0436. The van der Waals surface area contributed by atoms with Gasteiger partial charge in [-0.2, -0.15) is 13.5 Å². The van der Waals surface area contributed by atoms with E-state index in [1.54, 1.807) is 48.5 Å². The molecule has 0 bridgehead atoms. The molecule has 4 aromatic carbocycles. The van der Waals surface area contributed by atoms with E-state index in [0.29, 0.717) is 44.0 Å². The second kappa shape index (κ2) is 13.7. The highest BCUT2D eigenvalue weighted by Crippen LogP contribution is 2.42. The molecule has 45 heavy (non-hydrogen) atoms. The van der Waals surface area contributed by atoms with E-state index in [0.717, 1.165) is 18.1 Å². The second-order valence-corrected chi connectivity index (χ2v) is 11.7. The number of hydrogen-bond acceptors (Lipinski definition) is 17. The van der Waals surface area contributed by atoms with Gasteiger partial charge in [0.25, 0.3) is 10.1 Å². The lowest BCUT2D eigenvalue weighted by Crippen LogP contribution is -2.28. The van der Waals surface area contributed by atoms with Crippen LogP contribution in [0.25, 0.3) is 16.8 Å². The molecule has 232 valence electrons. The summed E-state index contributed by atoms with van der Waals surface area (Å²) in [4.78, 5) is 13.7. The highest BCUT2D eigenvalue weighted by molar-refractivity contribution is 7.95. The van der Waals surface area contributed by atoms with Crippen LogP contribution >= 0.6 is 24.1 Å². The Hall–Kier alpha value is -4.41. The fourth-order valence-corrected chi connectivity index (χ4v) is 6.02. The number of allylic oxidation sites excluding steroid dienone is 1. The van der Waals surface area contributed by atoms with Gasteiger partial charge in [0.05, 0.1) is 45.9 Å². The molecule has 0 unspecified atom stereocenters. The molecular formula is C26H20N6O10S3. The molecular weight excluding hydrogens is 653 g/mol. The molecule has 0 aromatic heterocycles. The van der Waals surface area contributed by atoms with Crippen LogP contribution in [0.4, 0.5) is 28.4 Å². The predicted octanol–water partition coefficient (Wildman–Crippen LogP) is 6.17. The first-order valence-corrected chi connectivity index (χ1v) is 15.2. The molecule has 0 saturated heterocycles. The maximum atomic E-state index is 13.6. The monoisotopic (exact) mass is 672 g/mol. The summed E-state index contributed by atoms with van der Waals surface area (Å²) in [5.41, 5.74) is 14.9. The highest BCUT2D eigenvalue weighted by Gasteiger charge is 2.35. The number of Topliss-reactive ketones (excluding diaryl/α,β-unsaturated/α-hetero) is 1. The molecule has 0 aliphatic heterocycles. The lowest BCUT2D eigenvalue weighted by molar-refractivity contribution is -0.432. The number of anilines is 3. The van der Waals surface area contributed by atoms with E-state index < -0.39 is 26.5 Å². The Balaban J connectivity index is 1.55. The number of nitrogens with two attached hydrogens (primary N) is 2. The van der Waals surface area contributed by atoms with Crippen molar-refractivity contribution in [2.45, 2.75) is 9.79 Å². The summed E-state index contributed by atoms with van der Waals surface area (Å²) in [6.45, 7) is 0. The molecule has 0 spiro atoms. The number of rotatable bonds is 11. The zero-order valence-electron chi connectivity index (χ0n) is 22.3. The van der Waals surface area contributed by atoms with Gasteiger partial charge in [0.1, 0.15) is 16.3 Å². The van der Waals surface area contributed by atoms with Gasteiger partial charge < -0.3 is 11.5 Å². The van der Waals surface area contributed by atoms with Gasteiger partial charge in [0.15, 0.2) is 5.71 Å². The molecule has 16 nitrogen and oxygen atoms in total. The third-order valence-electron chi connectivity index (χ3n) is 6.20. The first-order valence-electron chi connectivity index (χ1n) is 12.3. The molecule has 1 aliphatic carbocycles. The number of ketones is 1. The number of carbonyl (C=O) groups excluding carboxylic acids is 1. The molecule has 8 N–H and O–H groups in total. The van der Waals surface area contributed by atoms with Crippen LogP contribution in [0.1, 0.15) is 15.9 Å². The Bertz CT molecular complexity index is 2000. The van der Waals surface area contributed by atoms with Gasteiger partial charge in [0, 0.05) is 16.0 Å². The van der Waals surface area contributed by atoms with Crippen molar-refractivity contribution in [3.8, 4) is 0 Å². The van der Waals surface area contributed by atoms with Gasteiger partial charge in [-0.1, -0.05) is 40.4 Å². The Labute approximate surface area is 262 Å². The van der Waals surface area contributed by atoms with Gasteiger partial charge in [-0.15, -0.1) is 18.9 Å². The Morgan fingerprint density at radius 1 is 0.844 bits per heavy atom. The molecule has 0 heterocycles. The van der Waals surface area contributed by atoms with Crippen molar-refractivity contribution < 1.29 is 47.0 Å². The van der Waals surface area contributed by atoms with Crippen molar-refractivity contribution >= 4 is 91.0 Å². The fraction of sp³-hybridized carbons (Fsp3) is 0. The molecule has 19 heteroatoms. The number of nitrogen functional groups attached to an aromatic ring is 2. The molecule has 0 fully saturated rings. The van der Waals surface area contributed by atoms with Crippen molar-refractivity contribution in [3.05, 3.63) is 82.8 Å². The number of benzene rings is 4. The van der Waals surface area contributed by atoms with Crippen molar-refractivity contribution in [1.82, 2.24) is 0 Å². The van der Waals surface area contributed by atoms with Crippen LogP contribution in [0.15, 0.2) is 96.8 Å². The molecule has 1 aliphatic rings. The van der Waals surface area contributed by atoms with E-state index in [1.807, 2.05) is 0 Å². The number of fused-ring (bicyclic) bond motifs is 2. The van der Waals surface area contributed by atoms with Crippen molar-refractivity contribution in [3.63, 3.8) is 0 Å². The number of nitrogens with zero attached hydrogens (tertiary/aromatic N) is 3. The summed E-state index contributed by atoms with van der Waals surface area (Å²) in [6.07, 6.45) is 1.06. The normalized spacial score (nSPS) is 14.2. The summed E-state index contributed by atoms with van der Waals surface area (Å²) >= 11 is 1.35. The van der Waals surface area contributed by atoms with E-state index in [2.05, 4.69) is 39.5 Å². The van der Waals surface area contributed by atoms with E-state index in [9.17, 15) is 17.8 Å². The van der Waals surface area contributed by atoms with Crippen LogP contribution in [0.5, 0.6) is 0 Å². The molecule has 0 saturated carbocycles. The summed E-state index contributed by atoms with van der Waals surface area (Å²) in [7, 11) is -4.88. The van der Waals surface area contributed by atoms with E-state index in [-0.39, 0.29) is 28.2 Å². The van der Waals surface area contributed by atoms with Crippen LogP contribution in [-0.2, 0) is 28.9 Å². The Kier molecular flexibility index (Phi) is 9.74. The van der Waals surface area contributed by atoms with E-state index in [4.69, 9.17) is 22.0 Å². The summed E-state index contributed by atoms with van der Waals surface area (Å²) in [6, 6.07) is 17.4. The van der Waals surface area contributed by atoms with Crippen LogP contribution < -0.4 is 16.9 Å². The smallest absolute Gasteiger partial charge is 0.296 e. The quantitative estimate of drug-likeness (QED) is 0.0260. The molecule has 0 atom stereocenters. The zero-order chi connectivity index (χ0) is 32.1. The third kappa shape index (κ3) is 6.97. The predicted molar refractivity (Wildman–Crippen MR) is 166 cm³/mol. The Morgan fingerprint density at radius 2 is 1.56 bits per heavy atom. The summed E-state index contributed by atoms with van der Waals surface area (Å²) in [5, 5.41) is 38.3. The van der Waals surface area contributed by atoms with Crippen molar-refractivity contribution in [2.75, 3.05) is 16.9 Å². The van der Waals surface area contributed by atoms with Crippen molar-refractivity contribution in [1.29, 1.82) is 0 Å². The topological polar surface area (TPSA) is 250 Å². The SMILES string of the molecule is Nc1cccc(N/N=C2/C(=O)c3c(ccc(N=Nc4ccc5c(SOOO)cccc5c4SOOO)c3N)C=C2S(=O)(=O)O)c1. The maximum absolute atomic E-state index is 13.6. The van der Waals surface area contributed by atoms with E-state index in [1.165, 1.54) is 18.2 Å². The second-order valence-electron chi connectivity index (χ2n) is 8.89. The van der Waals surface area contributed by atoms with Crippen LogP contribution in [0, 0.1) is 0 Å². The summed E-state index contributed by atoms with van der Waals surface area (Å²) in [5.74, 6) is -0.902. The fourth-order valence-electron chi connectivity index (χ4n) is 4.30. The molecule has 4 aromatic rings. The number of hydrogen-bond donors (Lipinski definition) is 6. The van der Waals surface area contributed by atoms with Crippen LogP contribution in [-0.4, -0.2) is 35.0 Å². The number of carbonyl (C=O) groups is 1. The van der Waals surface area contributed by atoms with Gasteiger partial charge in [-0.25, -0.2) is 10.5 Å². The van der Waals surface area contributed by atoms with Gasteiger partial charge in [0.2, 0.25) is 5.78 Å². The maximum Gasteiger partial charge on any atom is 0.296 e. The average molecular weight is 673 g/mol. The lowest BCUT2D eigenvalue weighted by Gasteiger charge is -2.18. The summed E-state index contributed by atoms with van der Waals surface area (Å²) < 4.78 is 43.4. The van der Waals surface area contributed by atoms with Crippen LogP contribution in [0.2, 0.25) is 0 Å². The molecule has 5 rings (SSSR count). The number of nitrogens with one attached hydrogen (secondary N) is 1. The van der Waals surface area contributed by atoms with Gasteiger partial charge in [-0.05, 0) is 53.4 Å². The minimum atomic E-state index is -4.88. The van der Waals surface area contributed by atoms with Gasteiger partial charge >= 0.3 is 0 Å². The zero-order valence-corrected chi connectivity index (χ0v) is 24.8. The van der Waals surface area contributed by atoms with Crippen LogP contribution in [0.3, 0.4) is 0 Å². The first kappa shape index (κ1) is 32.0. The average Bonchev–Trinajstić information content (AvgIpc) is 3.01. The molecule has 0 radical (unpaired) electrons. The Morgan fingerprint density at radius 3 is 2.29 bits per heavy atom. The first-order chi connectivity index (χ1) is 21.6. The van der Waals surface area contributed by atoms with Crippen molar-refractivity contribution in [2.24, 2.45) is 15.3 Å². The van der Waals surface area contributed by atoms with E-state index >= 15 is 0 Å². The third-order valence-corrected chi connectivity index (χ3v) is 8.45. The van der Waals surface area contributed by atoms with Gasteiger partial charge in [-0.3, -0.25) is 14.8 Å². The minimum Gasteiger partial charge on any atom is -0.399 e.